The average molecular weight is 552 g/mol. The number of hydrogen-bond donors (Lipinski definition) is 2. The summed E-state index contributed by atoms with van der Waals surface area (Å²) in [6, 6.07) is 10.1. The number of hydrogen-bond acceptors (Lipinski definition) is 3. The average Bonchev–Trinajstić information content (AvgIpc) is 3.55. The fourth-order valence-electron chi connectivity index (χ4n) is 10.9. The van der Waals surface area contributed by atoms with Gasteiger partial charge in [-0.05, 0) is 86.5 Å². The molecule has 3 saturated carbocycles. The predicted molar refractivity (Wildman–Crippen MR) is 163 cm³/mol. The first-order valence-electron chi connectivity index (χ1n) is 16.5. The fourth-order valence-corrected chi connectivity index (χ4v) is 10.9. The maximum atomic E-state index is 13.1. The molecular weight excluding hydrogens is 494 g/mol. The van der Waals surface area contributed by atoms with E-state index in [1.807, 2.05) is 25.1 Å². The van der Waals surface area contributed by atoms with Gasteiger partial charge in [-0.1, -0.05) is 91.1 Å². The molecule has 1 aromatic rings. The molecule has 1 amide bonds. The van der Waals surface area contributed by atoms with E-state index in [2.05, 4.69) is 59.0 Å². The van der Waals surface area contributed by atoms with E-state index >= 15 is 0 Å². The van der Waals surface area contributed by atoms with Crippen LogP contribution >= 0.6 is 0 Å². The maximum Gasteiger partial charge on any atom is 0.220 e. The summed E-state index contributed by atoms with van der Waals surface area (Å²) >= 11 is 0. The zero-order chi connectivity index (χ0) is 29.0. The Balaban J connectivity index is 1.34. The molecule has 1 saturated heterocycles. The van der Waals surface area contributed by atoms with Crippen LogP contribution in [0.25, 0.3) is 0 Å². The molecule has 2 N–H and O–H groups in total. The molecule has 3 aliphatic carbocycles. The zero-order valence-corrected chi connectivity index (χ0v) is 26.5. The molecule has 4 fully saturated rings. The van der Waals surface area contributed by atoms with Crippen LogP contribution in [0, 0.1) is 39.9 Å². The molecule has 5 rings (SSSR count). The number of aliphatic hydroxyl groups excluding tert-OH is 1. The number of carbonyl (C=O) groups excluding carboxylic acids is 1. The Morgan fingerprint density at radius 2 is 1.65 bits per heavy atom. The third kappa shape index (κ3) is 4.41. The highest BCUT2D eigenvalue weighted by atomic mass is 16.6. The lowest BCUT2D eigenvalue weighted by Crippen LogP contribution is -2.63. The Morgan fingerprint density at radius 1 is 0.950 bits per heavy atom. The molecule has 0 aromatic heterocycles. The van der Waals surface area contributed by atoms with Gasteiger partial charge in [0.1, 0.15) is 11.2 Å². The van der Waals surface area contributed by atoms with E-state index in [9.17, 15) is 9.90 Å². The summed E-state index contributed by atoms with van der Waals surface area (Å²) in [6.07, 6.45) is 11.7. The monoisotopic (exact) mass is 551 g/mol. The molecule has 9 atom stereocenters. The van der Waals surface area contributed by atoms with Gasteiger partial charge < -0.3 is 15.2 Å². The highest BCUT2D eigenvalue weighted by Crippen LogP contribution is 2.84. The summed E-state index contributed by atoms with van der Waals surface area (Å²) in [5.74, 6) is 2.55. The third-order valence-corrected chi connectivity index (χ3v) is 13.3. The van der Waals surface area contributed by atoms with Gasteiger partial charge in [-0.3, -0.25) is 4.79 Å². The van der Waals surface area contributed by atoms with Crippen molar-refractivity contribution in [2.75, 3.05) is 0 Å². The number of carbonyl (C=O) groups is 1. The Labute approximate surface area is 244 Å². The van der Waals surface area contributed by atoms with Crippen molar-refractivity contribution in [3.63, 3.8) is 0 Å². The lowest BCUT2D eigenvalue weighted by molar-refractivity contribution is -0.126. The number of rotatable bonds is 11. The molecule has 1 aromatic carbocycles. The number of amides is 1. The topological polar surface area (TPSA) is 61.9 Å². The third-order valence-electron chi connectivity index (χ3n) is 13.3. The first-order chi connectivity index (χ1) is 18.9. The second kappa shape index (κ2) is 10.7. The summed E-state index contributed by atoms with van der Waals surface area (Å²) < 4.78 is 7.25. The lowest BCUT2D eigenvalue weighted by atomic mass is 9.41. The van der Waals surface area contributed by atoms with Gasteiger partial charge in [-0.2, -0.15) is 0 Å². The zero-order valence-electron chi connectivity index (χ0n) is 26.5. The summed E-state index contributed by atoms with van der Waals surface area (Å²) in [5.41, 5.74) is 1.02. The smallest absolute Gasteiger partial charge is 0.220 e. The normalized spacial score (nSPS) is 41.5. The molecule has 224 valence electrons. The van der Waals surface area contributed by atoms with Crippen molar-refractivity contribution in [3.8, 4) is 0 Å². The summed E-state index contributed by atoms with van der Waals surface area (Å²) in [4.78, 5) is 13.1. The number of ether oxygens (including phenoxy) is 1. The Kier molecular flexibility index (Phi) is 8.05. The molecule has 40 heavy (non-hydrogen) atoms. The maximum absolute atomic E-state index is 13.1. The van der Waals surface area contributed by atoms with E-state index in [-0.39, 0.29) is 39.3 Å². The molecule has 1 aliphatic heterocycles. The first kappa shape index (κ1) is 30.1. The summed E-state index contributed by atoms with van der Waals surface area (Å²) in [5, 5.41) is 14.2. The molecule has 0 bridgehead atoms. The Bertz CT molecular complexity index is 1060. The van der Waals surface area contributed by atoms with E-state index in [0.29, 0.717) is 13.0 Å². The molecular formula is C36H57NO3. The summed E-state index contributed by atoms with van der Waals surface area (Å²) in [6.45, 7) is 17.3. The molecule has 4 nitrogen and oxygen atoms in total. The van der Waals surface area contributed by atoms with Crippen LogP contribution in [0.2, 0.25) is 0 Å². The van der Waals surface area contributed by atoms with Crippen LogP contribution in [-0.2, 0) is 16.1 Å². The minimum absolute atomic E-state index is 0.102. The Morgan fingerprint density at radius 3 is 2.33 bits per heavy atom. The summed E-state index contributed by atoms with van der Waals surface area (Å²) in [7, 11) is 0. The van der Waals surface area contributed by atoms with E-state index in [1.165, 1.54) is 38.5 Å². The van der Waals surface area contributed by atoms with Crippen molar-refractivity contribution in [1.82, 2.24) is 5.32 Å². The van der Waals surface area contributed by atoms with E-state index in [1.54, 1.807) is 0 Å². The molecule has 1 heterocycles. The molecule has 4 aliphatic rings. The van der Waals surface area contributed by atoms with Gasteiger partial charge >= 0.3 is 0 Å². The number of nitrogens with one attached hydrogen (secondary N) is 1. The van der Waals surface area contributed by atoms with Crippen LogP contribution in [0.1, 0.15) is 125 Å². The van der Waals surface area contributed by atoms with Crippen LogP contribution in [0.15, 0.2) is 30.3 Å². The second-order valence-electron chi connectivity index (χ2n) is 15.5. The number of benzene rings is 1. The van der Waals surface area contributed by atoms with Crippen molar-refractivity contribution in [2.24, 2.45) is 39.9 Å². The van der Waals surface area contributed by atoms with Crippen LogP contribution in [0.4, 0.5) is 0 Å². The Hall–Kier alpha value is -1.39. The fraction of sp³-hybridized carbons (Fsp3) is 0.806. The number of epoxide rings is 1. The molecule has 0 radical (unpaired) electrons. The van der Waals surface area contributed by atoms with Crippen LogP contribution in [-0.4, -0.2) is 28.3 Å². The predicted octanol–water partition coefficient (Wildman–Crippen LogP) is 8.07. The van der Waals surface area contributed by atoms with Gasteiger partial charge in [-0.15, -0.1) is 0 Å². The highest BCUT2D eigenvalue weighted by Gasteiger charge is 2.89. The van der Waals surface area contributed by atoms with Gasteiger partial charge in [-0.25, -0.2) is 0 Å². The van der Waals surface area contributed by atoms with Crippen molar-refractivity contribution in [3.05, 3.63) is 35.9 Å². The second-order valence-corrected chi connectivity index (χ2v) is 15.5. The lowest BCUT2D eigenvalue weighted by Gasteiger charge is -2.60. The van der Waals surface area contributed by atoms with Crippen LogP contribution in [0.5, 0.6) is 0 Å². The van der Waals surface area contributed by atoms with E-state index in [4.69, 9.17) is 4.74 Å². The van der Waals surface area contributed by atoms with Crippen LogP contribution < -0.4 is 5.32 Å². The van der Waals surface area contributed by atoms with Gasteiger partial charge in [0.25, 0.3) is 0 Å². The number of aliphatic hydroxyl groups is 1. The first-order valence-corrected chi connectivity index (χ1v) is 16.5. The quantitative estimate of drug-likeness (QED) is 0.273. The minimum Gasteiger partial charge on any atom is -0.393 e. The highest BCUT2D eigenvalue weighted by molar-refractivity contribution is 5.76. The van der Waals surface area contributed by atoms with Crippen molar-refractivity contribution < 1.29 is 14.6 Å². The SMILES string of the molecule is CC(C)CCC[C@H](C)[C@@H]1CC[C@]2(C)[C@@]34CC[C@@H]([C@H](C)O)[C@](C)(CCC(=O)NCc5ccccc5)[C@]3(CC[C@]12C)O4. The van der Waals surface area contributed by atoms with Gasteiger partial charge in [0, 0.05) is 23.8 Å². The van der Waals surface area contributed by atoms with Crippen molar-refractivity contribution >= 4 is 5.91 Å². The molecule has 0 spiro atoms. The minimum atomic E-state index is -0.396. The van der Waals surface area contributed by atoms with Crippen LogP contribution in [0.3, 0.4) is 0 Å². The van der Waals surface area contributed by atoms with Gasteiger partial charge in [0.2, 0.25) is 5.91 Å². The molecule has 4 heteroatoms. The van der Waals surface area contributed by atoms with Crippen molar-refractivity contribution in [1.29, 1.82) is 0 Å². The van der Waals surface area contributed by atoms with Gasteiger partial charge in [0.15, 0.2) is 0 Å². The molecule has 0 unspecified atom stereocenters. The van der Waals surface area contributed by atoms with Gasteiger partial charge in [0.05, 0.1) is 6.10 Å². The van der Waals surface area contributed by atoms with E-state index in [0.717, 1.165) is 49.0 Å². The standard InChI is InChI=1S/C36H57NO3/c1-25(2)12-11-13-26(3)29-16-20-34(7)32(29,5)22-23-35-33(6,30(27(4)38)17-21-36(34,35)40-35)19-18-31(39)37-24-28-14-9-8-10-15-28/h8-10,14-15,25-27,29-30,38H,11-13,16-24H2,1-7H3,(H,37,39)/t26-,27-,29-,30-,32+,33-,34-,35-,36-/m0/s1. The van der Waals surface area contributed by atoms with Crippen molar-refractivity contribution in [2.45, 2.75) is 143 Å². The van der Waals surface area contributed by atoms with E-state index < -0.39 is 6.10 Å². The largest absolute Gasteiger partial charge is 0.393 e. The number of fused-ring (bicyclic) bond motifs is 1.